The summed E-state index contributed by atoms with van der Waals surface area (Å²) in [6.07, 6.45) is 6.42. The van der Waals surface area contributed by atoms with Gasteiger partial charge >= 0.3 is 0 Å². The Labute approximate surface area is 188 Å². The van der Waals surface area contributed by atoms with Crippen LogP contribution in [0.1, 0.15) is 57.2 Å². The molecular weight excluding hydrogens is 432 g/mol. The molecule has 2 aromatic rings. The zero-order valence-electron chi connectivity index (χ0n) is 18.1. The number of nitrogens with zero attached hydrogens (tertiary/aromatic N) is 4. The second-order valence-corrected chi connectivity index (χ2v) is 12.1. The molecule has 0 spiro atoms. The third-order valence-electron chi connectivity index (χ3n) is 6.32. The van der Waals surface area contributed by atoms with Crippen LogP contribution in [0.3, 0.4) is 0 Å². The first kappa shape index (κ1) is 22.3. The Bertz CT molecular complexity index is 1020. The van der Waals surface area contributed by atoms with E-state index in [0.29, 0.717) is 17.5 Å². The highest BCUT2D eigenvalue weighted by Crippen LogP contribution is 2.34. The van der Waals surface area contributed by atoms with Crippen LogP contribution in [0.5, 0.6) is 0 Å². The number of para-hydroxylation sites is 1. The van der Waals surface area contributed by atoms with Crippen molar-refractivity contribution < 1.29 is 13.2 Å². The van der Waals surface area contributed by atoms with Crippen molar-refractivity contribution in [3.63, 3.8) is 0 Å². The summed E-state index contributed by atoms with van der Waals surface area (Å²) in [5, 5.41) is 4.97. The van der Waals surface area contributed by atoms with Gasteiger partial charge in [-0.2, -0.15) is 0 Å². The summed E-state index contributed by atoms with van der Waals surface area (Å²) < 4.78 is 25.5. The van der Waals surface area contributed by atoms with Crippen molar-refractivity contribution in [2.75, 3.05) is 18.6 Å². The summed E-state index contributed by atoms with van der Waals surface area (Å²) >= 11 is 1.35. The van der Waals surface area contributed by atoms with Crippen LogP contribution in [-0.4, -0.2) is 63.8 Å². The summed E-state index contributed by atoms with van der Waals surface area (Å²) in [4.78, 5) is 19.4. The van der Waals surface area contributed by atoms with E-state index in [0.717, 1.165) is 24.4 Å². The van der Waals surface area contributed by atoms with E-state index in [9.17, 15) is 13.2 Å². The molecule has 2 atom stereocenters. The minimum Gasteiger partial charge on any atom is -0.341 e. The quantitative estimate of drug-likeness (QED) is 0.612. The van der Waals surface area contributed by atoms with Gasteiger partial charge < -0.3 is 4.90 Å². The van der Waals surface area contributed by atoms with Crippen LogP contribution in [0.15, 0.2) is 35.5 Å². The van der Waals surface area contributed by atoms with Gasteiger partial charge in [-0.3, -0.25) is 4.79 Å². The molecular formula is C22H30N4O3S2. The lowest BCUT2D eigenvalue weighted by Gasteiger charge is -2.25. The Morgan fingerprint density at radius 1 is 1.16 bits per heavy atom. The number of rotatable bonds is 6. The Morgan fingerprint density at radius 3 is 2.52 bits per heavy atom. The smallest absolute Gasteiger partial charge is 0.235 e. The molecule has 1 amide bonds. The fourth-order valence-electron chi connectivity index (χ4n) is 4.49. The van der Waals surface area contributed by atoms with E-state index in [4.69, 9.17) is 10.1 Å². The predicted octanol–water partition coefficient (Wildman–Crippen LogP) is 3.44. The molecule has 168 valence electrons. The number of carbonyl (C=O) groups excluding carboxylic acids is 1. The van der Waals surface area contributed by atoms with Crippen LogP contribution in [0.4, 0.5) is 0 Å². The number of sulfone groups is 1. The Kier molecular flexibility index (Phi) is 6.71. The molecule has 2 aliphatic rings. The average Bonchev–Trinajstić information content (AvgIpc) is 3.37. The van der Waals surface area contributed by atoms with E-state index in [1.54, 1.807) is 11.9 Å². The highest BCUT2D eigenvalue weighted by atomic mass is 32.2. The van der Waals surface area contributed by atoms with Gasteiger partial charge in [0.1, 0.15) is 5.82 Å². The molecule has 1 saturated heterocycles. The van der Waals surface area contributed by atoms with E-state index < -0.39 is 9.84 Å². The minimum atomic E-state index is -3.03. The van der Waals surface area contributed by atoms with E-state index in [1.165, 1.54) is 31.0 Å². The molecule has 7 nitrogen and oxygen atoms in total. The van der Waals surface area contributed by atoms with E-state index >= 15 is 0 Å². The Morgan fingerprint density at radius 2 is 1.87 bits per heavy atom. The molecule has 1 saturated carbocycles. The molecule has 0 radical (unpaired) electrons. The number of benzene rings is 1. The maximum Gasteiger partial charge on any atom is 0.235 e. The summed E-state index contributed by atoms with van der Waals surface area (Å²) in [5.41, 5.74) is 0.981. The van der Waals surface area contributed by atoms with Crippen molar-refractivity contribution in [3.8, 4) is 5.69 Å². The van der Waals surface area contributed by atoms with Crippen LogP contribution in [0.2, 0.25) is 0 Å². The first-order valence-electron chi connectivity index (χ1n) is 11.0. The average molecular weight is 463 g/mol. The van der Waals surface area contributed by atoms with Crippen molar-refractivity contribution in [2.24, 2.45) is 0 Å². The summed E-state index contributed by atoms with van der Waals surface area (Å²) in [6.45, 7) is 1.84. The zero-order valence-corrected chi connectivity index (χ0v) is 19.7. The first-order chi connectivity index (χ1) is 14.8. The van der Waals surface area contributed by atoms with Gasteiger partial charge in [0.15, 0.2) is 9.84 Å². The fourth-order valence-corrected chi connectivity index (χ4v) is 7.13. The number of thioether (sulfide) groups is 1. The van der Waals surface area contributed by atoms with Crippen molar-refractivity contribution in [1.82, 2.24) is 19.7 Å². The van der Waals surface area contributed by atoms with Gasteiger partial charge in [0.2, 0.25) is 11.1 Å². The molecule has 2 fully saturated rings. The maximum atomic E-state index is 13.0. The lowest BCUT2D eigenvalue weighted by atomic mass is 9.88. The topological polar surface area (TPSA) is 85.2 Å². The molecule has 0 bridgehead atoms. The largest absolute Gasteiger partial charge is 0.341 e. The van der Waals surface area contributed by atoms with Crippen molar-refractivity contribution >= 4 is 27.5 Å². The van der Waals surface area contributed by atoms with Crippen LogP contribution in [0.25, 0.3) is 5.69 Å². The third-order valence-corrected chi connectivity index (χ3v) is 9.01. The van der Waals surface area contributed by atoms with E-state index in [-0.39, 0.29) is 28.7 Å². The summed E-state index contributed by atoms with van der Waals surface area (Å²) in [6, 6.07) is 9.77. The minimum absolute atomic E-state index is 0.0549. The molecule has 0 N–H and O–H groups in total. The van der Waals surface area contributed by atoms with Crippen molar-refractivity contribution in [1.29, 1.82) is 0 Å². The number of carbonyl (C=O) groups is 1. The molecule has 1 aliphatic carbocycles. The van der Waals surface area contributed by atoms with Crippen LogP contribution >= 0.6 is 11.8 Å². The molecule has 4 rings (SSSR count). The number of hydrogen-bond acceptors (Lipinski definition) is 6. The monoisotopic (exact) mass is 462 g/mol. The lowest BCUT2D eigenvalue weighted by molar-refractivity contribution is -0.130. The Balaban J connectivity index is 1.52. The number of aromatic nitrogens is 3. The molecule has 1 aromatic heterocycles. The second kappa shape index (κ2) is 9.32. The van der Waals surface area contributed by atoms with Gasteiger partial charge in [-0.25, -0.2) is 18.1 Å². The zero-order chi connectivity index (χ0) is 22.0. The molecule has 31 heavy (non-hydrogen) atoms. The first-order valence-corrected chi connectivity index (χ1v) is 13.7. The predicted molar refractivity (Wildman–Crippen MR) is 122 cm³/mol. The van der Waals surface area contributed by atoms with Gasteiger partial charge in [0.25, 0.3) is 0 Å². The third kappa shape index (κ3) is 5.14. The number of hydrogen-bond donors (Lipinski definition) is 0. The highest BCUT2D eigenvalue weighted by Gasteiger charge is 2.35. The van der Waals surface area contributed by atoms with Crippen LogP contribution < -0.4 is 0 Å². The fraction of sp³-hybridized carbons (Fsp3) is 0.591. The van der Waals surface area contributed by atoms with Gasteiger partial charge in [0.05, 0.1) is 22.4 Å². The van der Waals surface area contributed by atoms with Crippen LogP contribution in [-0.2, 0) is 14.6 Å². The van der Waals surface area contributed by atoms with Gasteiger partial charge in [-0.1, -0.05) is 49.2 Å². The van der Waals surface area contributed by atoms with Gasteiger partial charge in [-0.15, -0.1) is 5.10 Å². The molecule has 9 heteroatoms. The summed E-state index contributed by atoms with van der Waals surface area (Å²) in [7, 11) is -1.33. The van der Waals surface area contributed by atoms with E-state index in [2.05, 4.69) is 0 Å². The normalized spacial score (nSPS) is 22.3. The van der Waals surface area contributed by atoms with Gasteiger partial charge in [-0.05, 0) is 38.3 Å². The molecule has 0 unspecified atom stereocenters. The maximum absolute atomic E-state index is 13.0. The molecule has 2 heterocycles. The van der Waals surface area contributed by atoms with E-state index in [1.807, 2.05) is 41.9 Å². The van der Waals surface area contributed by atoms with Crippen molar-refractivity contribution in [2.45, 2.75) is 67.8 Å². The Hall–Kier alpha value is -1.87. The van der Waals surface area contributed by atoms with Crippen molar-refractivity contribution in [3.05, 3.63) is 36.2 Å². The summed E-state index contributed by atoms with van der Waals surface area (Å²) in [5.74, 6) is 1.49. The second-order valence-electron chi connectivity index (χ2n) is 8.60. The molecule has 1 aliphatic heterocycles. The number of amides is 1. The SMILES string of the molecule is C[C@@H](Sc1nc(C2CCCCC2)n(-c2ccccc2)n1)C(=O)N(C)[C@H]1CCS(=O)(=O)C1. The molecule has 1 aromatic carbocycles. The van der Waals surface area contributed by atoms with Gasteiger partial charge in [0, 0.05) is 19.0 Å². The van der Waals surface area contributed by atoms with Crippen LogP contribution in [0, 0.1) is 0 Å². The highest BCUT2D eigenvalue weighted by molar-refractivity contribution is 8.00. The lowest BCUT2D eigenvalue weighted by Crippen LogP contribution is -2.41. The standard InChI is InChI=1S/C22H30N4O3S2/c1-16(21(27)25(2)19-13-14-31(28,29)15-19)30-22-23-20(17-9-5-3-6-10-17)26(24-22)18-11-7-4-8-12-18/h4,7-8,11-12,16-17,19H,3,5-6,9-10,13-15H2,1-2H3/t16-,19+/m1/s1.